The molecule has 1 aromatic carbocycles. The molecule has 2 rings (SSSR count). The second-order valence-electron chi connectivity index (χ2n) is 4.22. The number of fused-ring (bicyclic) bond motifs is 1. The fourth-order valence-corrected chi connectivity index (χ4v) is 1.83. The maximum absolute atomic E-state index is 9.27. The quantitative estimate of drug-likeness (QED) is 0.768. The van der Waals surface area contributed by atoms with Crippen molar-refractivity contribution in [3.63, 3.8) is 0 Å². The first kappa shape index (κ1) is 11.0. The Kier molecular flexibility index (Phi) is 2.83. The topological polar surface area (TPSA) is 64.1 Å². The summed E-state index contributed by atoms with van der Waals surface area (Å²) in [5.41, 5.74) is 8.44. The number of anilines is 1. The molecule has 16 heavy (non-hydrogen) atoms. The Labute approximate surface area is 94.7 Å². The van der Waals surface area contributed by atoms with Crippen LogP contribution in [0.2, 0.25) is 0 Å². The molecule has 4 heteroatoms. The summed E-state index contributed by atoms with van der Waals surface area (Å²) in [6.45, 7) is 1.79. The Morgan fingerprint density at radius 2 is 2.25 bits per heavy atom. The molecule has 0 saturated carbocycles. The number of hydrogen-bond donors (Lipinski definition) is 2. The van der Waals surface area contributed by atoms with Gasteiger partial charge in [-0.15, -0.1) is 0 Å². The van der Waals surface area contributed by atoms with E-state index in [-0.39, 0.29) is 6.10 Å². The maximum Gasteiger partial charge on any atom is 0.109 e. The molecule has 0 aliphatic heterocycles. The molecule has 0 unspecified atom stereocenters. The highest BCUT2D eigenvalue weighted by Crippen LogP contribution is 2.18. The average molecular weight is 219 g/mol. The molecule has 86 valence electrons. The predicted octanol–water partition coefficient (Wildman–Crippen LogP) is 1.47. The first-order valence-electron chi connectivity index (χ1n) is 5.47. The number of nitrogen functional groups attached to an aromatic ring is 1. The molecule has 0 spiro atoms. The van der Waals surface area contributed by atoms with E-state index in [4.69, 9.17) is 5.73 Å². The lowest BCUT2D eigenvalue weighted by atomic mass is 10.2. The van der Waals surface area contributed by atoms with Crippen LogP contribution < -0.4 is 5.73 Å². The Morgan fingerprint density at radius 1 is 1.50 bits per heavy atom. The number of nitrogens with zero attached hydrogens (tertiary/aromatic N) is 2. The van der Waals surface area contributed by atoms with E-state index in [2.05, 4.69) is 9.55 Å². The summed E-state index contributed by atoms with van der Waals surface area (Å²) in [6, 6.07) is 5.73. The van der Waals surface area contributed by atoms with Gasteiger partial charge in [-0.1, -0.05) is 0 Å². The fraction of sp³-hybridized carbons (Fsp3) is 0.417. The standard InChI is InChI=1S/C12H17N3O/c1-8(16)3-6-12-14-10-7-9(13)4-5-11(10)15(12)2/h4-5,7-8,16H,3,6,13H2,1-2H3/t8-/m1/s1. The fourth-order valence-electron chi connectivity index (χ4n) is 1.83. The summed E-state index contributed by atoms with van der Waals surface area (Å²) in [5.74, 6) is 0.988. The normalized spacial score (nSPS) is 13.2. The van der Waals surface area contributed by atoms with Gasteiger partial charge in [-0.25, -0.2) is 4.98 Å². The van der Waals surface area contributed by atoms with Crippen molar-refractivity contribution < 1.29 is 5.11 Å². The van der Waals surface area contributed by atoms with Gasteiger partial charge in [0.2, 0.25) is 0 Å². The van der Waals surface area contributed by atoms with Gasteiger partial charge in [0.25, 0.3) is 0 Å². The summed E-state index contributed by atoms with van der Waals surface area (Å²) >= 11 is 0. The van der Waals surface area contributed by atoms with Crippen LogP contribution in [0.1, 0.15) is 19.2 Å². The first-order chi connectivity index (χ1) is 7.58. The van der Waals surface area contributed by atoms with Crippen molar-refractivity contribution in [2.24, 2.45) is 7.05 Å². The average Bonchev–Trinajstić information content (AvgIpc) is 2.52. The van der Waals surface area contributed by atoms with Crippen LogP contribution in [0, 0.1) is 0 Å². The second-order valence-corrected chi connectivity index (χ2v) is 4.22. The zero-order valence-electron chi connectivity index (χ0n) is 9.64. The number of aryl methyl sites for hydroxylation is 2. The third-order valence-corrected chi connectivity index (χ3v) is 2.78. The molecule has 0 amide bonds. The van der Waals surface area contributed by atoms with Crippen molar-refractivity contribution in [1.82, 2.24) is 9.55 Å². The van der Waals surface area contributed by atoms with Crippen LogP contribution in [0.3, 0.4) is 0 Å². The number of hydrogen-bond acceptors (Lipinski definition) is 3. The van der Waals surface area contributed by atoms with E-state index in [1.807, 2.05) is 25.2 Å². The van der Waals surface area contributed by atoms with Gasteiger partial charge in [0.15, 0.2) is 0 Å². The van der Waals surface area contributed by atoms with E-state index in [1.54, 1.807) is 6.92 Å². The number of rotatable bonds is 3. The number of nitrogens with two attached hydrogens (primary N) is 1. The first-order valence-corrected chi connectivity index (χ1v) is 5.47. The van der Waals surface area contributed by atoms with Crippen molar-refractivity contribution in [1.29, 1.82) is 0 Å². The van der Waals surface area contributed by atoms with Crippen LogP contribution in [0.25, 0.3) is 11.0 Å². The van der Waals surface area contributed by atoms with Gasteiger partial charge in [0, 0.05) is 19.2 Å². The van der Waals surface area contributed by atoms with E-state index in [0.717, 1.165) is 35.4 Å². The van der Waals surface area contributed by atoms with Crippen molar-refractivity contribution in [2.75, 3.05) is 5.73 Å². The van der Waals surface area contributed by atoms with Gasteiger partial charge >= 0.3 is 0 Å². The van der Waals surface area contributed by atoms with Gasteiger partial charge in [0.1, 0.15) is 5.82 Å². The lowest BCUT2D eigenvalue weighted by molar-refractivity contribution is 0.184. The van der Waals surface area contributed by atoms with Crippen LogP contribution in [0.4, 0.5) is 5.69 Å². The third kappa shape index (κ3) is 2.02. The molecule has 1 heterocycles. The Hall–Kier alpha value is -1.55. The lowest BCUT2D eigenvalue weighted by Gasteiger charge is -2.04. The highest BCUT2D eigenvalue weighted by atomic mass is 16.3. The molecule has 2 aromatic rings. The number of aromatic nitrogens is 2. The molecule has 0 bridgehead atoms. The summed E-state index contributed by atoms with van der Waals surface area (Å²) in [5, 5.41) is 9.27. The van der Waals surface area contributed by atoms with E-state index < -0.39 is 0 Å². The van der Waals surface area contributed by atoms with E-state index in [9.17, 15) is 5.11 Å². The molecule has 0 aliphatic carbocycles. The minimum atomic E-state index is -0.287. The van der Waals surface area contributed by atoms with Gasteiger partial charge in [0.05, 0.1) is 17.1 Å². The molecule has 0 radical (unpaired) electrons. The highest BCUT2D eigenvalue weighted by Gasteiger charge is 2.08. The Balaban J connectivity index is 2.36. The van der Waals surface area contributed by atoms with Crippen LogP contribution >= 0.6 is 0 Å². The third-order valence-electron chi connectivity index (χ3n) is 2.78. The molecule has 0 aliphatic rings. The van der Waals surface area contributed by atoms with E-state index >= 15 is 0 Å². The smallest absolute Gasteiger partial charge is 0.109 e. The largest absolute Gasteiger partial charge is 0.399 e. The Morgan fingerprint density at radius 3 is 2.94 bits per heavy atom. The highest BCUT2D eigenvalue weighted by molar-refractivity contribution is 5.79. The molecule has 1 atom stereocenters. The van der Waals surface area contributed by atoms with E-state index in [0.29, 0.717) is 0 Å². The van der Waals surface area contributed by atoms with Crippen LogP contribution in [0.15, 0.2) is 18.2 Å². The zero-order valence-corrected chi connectivity index (χ0v) is 9.64. The maximum atomic E-state index is 9.27. The SMILES string of the molecule is C[C@@H](O)CCc1nc2cc(N)ccc2n1C. The zero-order chi connectivity index (χ0) is 11.7. The van der Waals surface area contributed by atoms with Gasteiger partial charge in [-0.05, 0) is 31.5 Å². The van der Waals surface area contributed by atoms with Crippen LogP contribution in [-0.4, -0.2) is 20.8 Å². The molecular formula is C12H17N3O. The van der Waals surface area contributed by atoms with E-state index in [1.165, 1.54) is 0 Å². The Bertz CT molecular complexity index is 502. The van der Waals surface area contributed by atoms with Gasteiger partial charge < -0.3 is 15.4 Å². The predicted molar refractivity (Wildman–Crippen MR) is 65.1 cm³/mol. The van der Waals surface area contributed by atoms with Crippen LogP contribution in [-0.2, 0) is 13.5 Å². The van der Waals surface area contributed by atoms with Crippen molar-refractivity contribution in [3.8, 4) is 0 Å². The summed E-state index contributed by atoms with van der Waals surface area (Å²) in [6.07, 6.45) is 1.22. The van der Waals surface area contributed by atoms with Gasteiger partial charge in [-0.2, -0.15) is 0 Å². The lowest BCUT2D eigenvalue weighted by Crippen LogP contribution is -2.05. The second kappa shape index (κ2) is 4.14. The van der Waals surface area contributed by atoms with Crippen LogP contribution in [0.5, 0.6) is 0 Å². The molecular weight excluding hydrogens is 202 g/mol. The van der Waals surface area contributed by atoms with Crippen molar-refractivity contribution in [3.05, 3.63) is 24.0 Å². The number of benzene rings is 1. The number of aliphatic hydroxyl groups is 1. The minimum Gasteiger partial charge on any atom is -0.399 e. The van der Waals surface area contributed by atoms with Gasteiger partial charge in [-0.3, -0.25) is 0 Å². The molecule has 0 saturated heterocycles. The number of aliphatic hydroxyl groups excluding tert-OH is 1. The van der Waals surface area contributed by atoms with Crippen molar-refractivity contribution in [2.45, 2.75) is 25.9 Å². The molecule has 4 nitrogen and oxygen atoms in total. The van der Waals surface area contributed by atoms with Crippen molar-refractivity contribution >= 4 is 16.7 Å². The summed E-state index contributed by atoms with van der Waals surface area (Å²) in [4.78, 5) is 4.52. The molecule has 0 fully saturated rings. The molecule has 3 N–H and O–H groups in total. The summed E-state index contributed by atoms with van der Waals surface area (Å²) in [7, 11) is 1.99. The summed E-state index contributed by atoms with van der Waals surface area (Å²) < 4.78 is 2.05. The minimum absolute atomic E-state index is 0.287. The molecule has 1 aromatic heterocycles. The monoisotopic (exact) mass is 219 g/mol. The number of imidazole rings is 1.